The van der Waals surface area contributed by atoms with E-state index in [1.54, 1.807) is 24.3 Å². The lowest BCUT2D eigenvalue weighted by Crippen LogP contribution is -2.22. The summed E-state index contributed by atoms with van der Waals surface area (Å²) in [4.78, 5) is 15.4. The Morgan fingerprint density at radius 3 is 2.32 bits per heavy atom. The van der Waals surface area contributed by atoms with Crippen LogP contribution in [0.5, 0.6) is 0 Å². The van der Waals surface area contributed by atoms with Crippen LogP contribution in [-0.2, 0) is 5.41 Å². The van der Waals surface area contributed by atoms with Crippen LogP contribution in [0.25, 0.3) is 11.6 Å². The summed E-state index contributed by atoms with van der Waals surface area (Å²) in [6, 6.07) is 21.7. The molecule has 0 saturated carbocycles. The van der Waals surface area contributed by atoms with Crippen LogP contribution in [-0.4, -0.2) is 28.6 Å². The lowest BCUT2D eigenvalue weighted by Gasteiger charge is -2.33. The van der Waals surface area contributed by atoms with Gasteiger partial charge in [0.15, 0.2) is 0 Å². The van der Waals surface area contributed by atoms with Gasteiger partial charge in [0.25, 0.3) is 0 Å². The second kappa shape index (κ2) is 9.62. The largest absolute Gasteiger partial charge is 0.478 e. The van der Waals surface area contributed by atoms with Crippen LogP contribution < -0.4 is 0 Å². The van der Waals surface area contributed by atoms with Crippen molar-refractivity contribution in [3.63, 3.8) is 0 Å². The summed E-state index contributed by atoms with van der Waals surface area (Å²) in [7, 11) is 0. The summed E-state index contributed by atoms with van der Waals surface area (Å²) >= 11 is 0. The molecular weight excluding hydrogens is 422 g/mol. The summed E-state index contributed by atoms with van der Waals surface area (Å²) in [6.07, 6.45) is 7.00. The number of aromatic carboxylic acids is 1. The van der Waals surface area contributed by atoms with Gasteiger partial charge in [-0.3, -0.25) is 4.99 Å². The minimum Gasteiger partial charge on any atom is -0.478 e. The Hall–Kier alpha value is -3.76. The molecule has 0 heterocycles. The average molecular weight is 452 g/mol. The molecule has 3 aromatic carbocycles. The van der Waals surface area contributed by atoms with Crippen LogP contribution in [0, 0.1) is 6.92 Å². The second-order valence-electron chi connectivity index (χ2n) is 9.28. The summed E-state index contributed by atoms with van der Waals surface area (Å²) < 4.78 is 0. The van der Waals surface area contributed by atoms with Gasteiger partial charge in [0.05, 0.1) is 11.3 Å². The average Bonchev–Trinajstić information content (AvgIpc) is 2.83. The first-order valence-corrected chi connectivity index (χ1v) is 11.4. The quantitative estimate of drug-likeness (QED) is 0.435. The van der Waals surface area contributed by atoms with Gasteiger partial charge in [-0.2, -0.15) is 0 Å². The molecule has 0 spiro atoms. The summed E-state index contributed by atoms with van der Waals surface area (Å²) in [5.41, 5.74) is 8.87. The van der Waals surface area contributed by atoms with Gasteiger partial charge in [-0.1, -0.05) is 80.1 Å². The van der Waals surface area contributed by atoms with E-state index >= 15 is 0 Å². The molecule has 1 aliphatic carbocycles. The van der Waals surface area contributed by atoms with Gasteiger partial charge in [0.1, 0.15) is 6.73 Å². The number of carboxylic acids is 1. The predicted molar refractivity (Wildman–Crippen MR) is 138 cm³/mol. The number of aliphatic hydroxyl groups is 1. The fraction of sp³-hybridized carbons (Fsp3) is 0.200. The van der Waals surface area contributed by atoms with Gasteiger partial charge >= 0.3 is 5.97 Å². The molecule has 34 heavy (non-hydrogen) atoms. The van der Waals surface area contributed by atoms with E-state index in [1.807, 2.05) is 12.2 Å². The highest BCUT2D eigenvalue weighted by Gasteiger charge is 2.29. The van der Waals surface area contributed by atoms with Crippen LogP contribution in [0.1, 0.15) is 64.0 Å². The molecule has 1 aliphatic rings. The molecule has 0 atom stereocenters. The maximum absolute atomic E-state index is 11.1. The number of carbonyl (C=O) groups is 1. The molecular formula is C30H29NO3. The lowest BCUT2D eigenvalue weighted by atomic mass is 9.71. The highest BCUT2D eigenvalue weighted by atomic mass is 16.4. The molecule has 0 radical (unpaired) electrons. The molecule has 0 saturated heterocycles. The molecule has 4 rings (SSSR count). The minimum absolute atomic E-state index is 0.0275. The summed E-state index contributed by atoms with van der Waals surface area (Å²) in [5.74, 6) is -0.950. The molecule has 4 nitrogen and oxygen atoms in total. The summed E-state index contributed by atoms with van der Waals surface area (Å²) in [5, 5.41) is 18.6. The molecule has 4 heteroatoms. The number of hydrogen-bond acceptors (Lipinski definition) is 3. The smallest absolute Gasteiger partial charge is 0.335 e. The molecule has 0 bridgehead atoms. The number of fused-ring (bicyclic) bond motifs is 1. The highest BCUT2D eigenvalue weighted by molar-refractivity contribution is 6.11. The standard InChI is InChI=1S/C30H29NO3/c1-20-4-9-22(10-5-20)25-16-17-30(2,3)27-18-24(13-14-26(25)27)28(31-19-32)15-8-21-6-11-23(12-7-21)29(33)34/h4-16,18,32H,17,19H2,1-3H3,(H,33,34)/b15-8+,31-28+. The van der Waals surface area contributed by atoms with Gasteiger partial charge in [-0.25, -0.2) is 4.79 Å². The van der Waals surface area contributed by atoms with E-state index in [0.717, 1.165) is 17.5 Å². The van der Waals surface area contributed by atoms with Crippen molar-refractivity contribution in [1.29, 1.82) is 0 Å². The molecule has 0 amide bonds. The number of benzene rings is 3. The van der Waals surface area contributed by atoms with Crippen LogP contribution in [0.15, 0.2) is 83.9 Å². The molecule has 0 unspecified atom stereocenters. The zero-order chi connectivity index (χ0) is 24.3. The van der Waals surface area contributed by atoms with Crippen molar-refractivity contribution in [3.8, 4) is 0 Å². The third kappa shape index (κ3) is 4.92. The topological polar surface area (TPSA) is 69.9 Å². The molecule has 0 fully saturated rings. The number of aryl methyl sites for hydroxylation is 1. The van der Waals surface area contributed by atoms with Crippen LogP contribution in [0.4, 0.5) is 0 Å². The van der Waals surface area contributed by atoms with Crippen molar-refractivity contribution in [3.05, 3.63) is 118 Å². The number of aliphatic imine (C=N–C) groups is 1. The molecule has 172 valence electrons. The van der Waals surface area contributed by atoms with Crippen molar-refractivity contribution in [1.82, 2.24) is 0 Å². The van der Waals surface area contributed by atoms with Gasteiger partial charge < -0.3 is 10.2 Å². The van der Waals surface area contributed by atoms with E-state index in [-0.39, 0.29) is 17.7 Å². The highest BCUT2D eigenvalue weighted by Crippen LogP contribution is 2.41. The van der Waals surface area contributed by atoms with E-state index in [2.05, 4.69) is 74.3 Å². The van der Waals surface area contributed by atoms with Gasteiger partial charge in [-0.05, 0) is 70.9 Å². The molecule has 0 aromatic heterocycles. The lowest BCUT2D eigenvalue weighted by molar-refractivity contribution is 0.0697. The normalized spacial score (nSPS) is 15.2. The van der Waals surface area contributed by atoms with E-state index < -0.39 is 5.97 Å². The monoisotopic (exact) mass is 451 g/mol. The van der Waals surface area contributed by atoms with Crippen LogP contribution >= 0.6 is 0 Å². The zero-order valence-electron chi connectivity index (χ0n) is 19.7. The number of hydrogen-bond donors (Lipinski definition) is 2. The summed E-state index contributed by atoms with van der Waals surface area (Å²) in [6.45, 7) is 6.28. The first-order chi connectivity index (χ1) is 16.3. The Morgan fingerprint density at radius 1 is 1.00 bits per heavy atom. The van der Waals surface area contributed by atoms with E-state index in [4.69, 9.17) is 5.11 Å². The van der Waals surface area contributed by atoms with Crippen molar-refractivity contribution in [2.75, 3.05) is 6.73 Å². The van der Waals surface area contributed by atoms with Crippen molar-refractivity contribution in [2.24, 2.45) is 4.99 Å². The predicted octanol–water partition coefficient (Wildman–Crippen LogP) is 6.26. The fourth-order valence-corrected chi connectivity index (χ4v) is 4.31. The molecule has 3 aromatic rings. The molecule has 2 N–H and O–H groups in total. The first kappa shape index (κ1) is 23.4. The van der Waals surface area contributed by atoms with Crippen molar-refractivity contribution in [2.45, 2.75) is 32.6 Å². The van der Waals surface area contributed by atoms with Crippen molar-refractivity contribution < 1.29 is 15.0 Å². The number of rotatable bonds is 6. The number of carboxylic acid groups (broad SMARTS) is 1. The van der Waals surface area contributed by atoms with E-state index in [1.165, 1.54) is 27.8 Å². The minimum atomic E-state index is -0.950. The maximum Gasteiger partial charge on any atom is 0.335 e. The van der Waals surface area contributed by atoms with Gasteiger partial charge in [0.2, 0.25) is 0 Å². The number of nitrogens with zero attached hydrogens (tertiary/aromatic N) is 1. The second-order valence-corrected chi connectivity index (χ2v) is 9.28. The third-order valence-electron chi connectivity index (χ3n) is 6.35. The number of aliphatic hydroxyl groups excluding tert-OH is 1. The Kier molecular flexibility index (Phi) is 6.62. The SMILES string of the molecule is Cc1ccc(C2=CCC(C)(C)c3cc(C(/C=C/c4ccc(C(=O)O)cc4)=N/CO)ccc32)cc1. The van der Waals surface area contributed by atoms with E-state index in [9.17, 15) is 9.90 Å². The Balaban J connectivity index is 1.70. The first-order valence-electron chi connectivity index (χ1n) is 11.4. The van der Waals surface area contributed by atoms with Crippen LogP contribution in [0.2, 0.25) is 0 Å². The number of allylic oxidation sites excluding steroid dienone is 2. The Morgan fingerprint density at radius 2 is 1.68 bits per heavy atom. The maximum atomic E-state index is 11.1. The Bertz CT molecular complexity index is 1290. The zero-order valence-corrected chi connectivity index (χ0v) is 19.7. The van der Waals surface area contributed by atoms with Crippen molar-refractivity contribution >= 4 is 23.3 Å². The van der Waals surface area contributed by atoms with Gasteiger partial charge in [-0.15, -0.1) is 0 Å². The third-order valence-corrected chi connectivity index (χ3v) is 6.35. The van der Waals surface area contributed by atoms with Gasteiger partial charge in [0, 0.05) is 5.56 Å². The Labute approximate surface area is 200 Å². The fourth-order valence-electron chi connectivity index (χ4n) is 4.31. The van der Waals surface area contributed by atoms with E-state index in [0.29, 0.717) is 5.71 Å². The molecule has 0 aliphatic heterocycles. The van der Waals surface area contributed by atoms with Crippen LogP contribution in [0.3, 0.4) is 0 Å².